The standard InChI is InChI=1S/C16H14Cl2O2/c1-10-7-12(8-11(2)16(10)18)20-9-15(19)13-5-3-4-6-14(13)17/h3-8H,9H2,1-2H3. The second-order valence-corrected chi connectivity index (χ2v) is 5.35. The monoisotopic (exact) mass is 308 g/mol. The molecule has 0 N–H and O–H groups in total. The first-order chi connectivity index (χ1) is 9.49. The Labute approximate surface area is 128 Å². The van der Waals surface area contributed by atoms with Gasteiger partial charge in [-0.05, 0) is 49.2 Å². The fourth-order valence-corrected chi connectivity index (χ4v) is 2.25. The average molecular weight is 309 g/mol. The summed E-state index contributed by atoms with van der Waals surface area (Å²) in [7, 11) is 0. The Kier molecular flexibility index (Phi) is 4.69. The van der Waals surface area contributed by atoms with Crippen LogP contribution in [-0.2, 0) is 0 Å². The van der Waals surface area contributed by atoms with Crippen molar-refractivity contribution in [1.82, 2.24) is 0 Å². The zero-order valence-corrected chi connectivity index (χ0v) is 12.8. The van der Waals surface area contributed by atoms with Crippen molar-refractivity contribution >= 4 is 29.0 Å². The maximum Gasteiger partial charge on any atom is 0.201 e. The van der Waals surface area contributed by atoms with Crippen molar-refractivity contribution in [2.45, 2.75) is 13.8 Å². The quantitative estimate of drug-likeness (QED) is 0.753. The lowest BCUT2D eigenvalue weighted by Crippen LogP contribution is -2.12. The smallest absolute Gasteiger partial charge is 0.201 e. The number of halogens is 2. The first-order valence-corrected chi connectivity index (χ1v) is 6.92. The Morgan fingerprint density at radius 2 is 1.70 bits per heavy atom. The van der Waals surface area contributed by atoms with E-state index < -0.39 is 0 Å². The molecule has 0 aliphatic carbocycles. The molecule has 0 unspecified atom stereocenters. The summed E-state index contributed by atoms with van der Waals surface area (Å²) in [6.45, 7) is 3.75. The van der Waals surface area contributed by atoms with Crippen molar-refractivity contribution in [1.29, 1.82) is 0 Å². The van der Waals surface area contributed by atoms with Crippen LogP contribution < -0.4 is 4.74 Å². The van der Waals surface area contributed by atoms with E-state index in [0.717, 1.165) is 16.1 Å². The average Bonchev–Trinajstić information content (AvgIpc) is 2.42. The predicted molar refractivity (Wildman–Crippen MR) is 82.2 cm³/mol. The van der Waals surface area contributed by atoms with E-state index in [2.05, 4.69) is 0 Å². The lowest BCUT2D eigenvalue weighted by atomic mass is 10.1. The molecule has 2 nitrogen and oxygen atoms in total. The number of Topliss-reactive ketones (excluding diaryl/α,β-unsaturated/α-hetero) is 1. The van der Waals surface area contributed by atoms with Gasteiger partial charge in [0.05, 0.1) is 5.02 Å². The van der Waals surface area contributed by atoms with Crippen LogP contribution >= 0.6 is 23.2 Å². The van der Waals surface area contributed by atoms with Crippen LogP contribution in [0.2, 0.25) is 10.0 Å². The third-order valence-electron chi connectivity index (χ3n) is 2.95. The van der Waals surface area contributed by atoms with Gasteiger partial charge < -0.3 is 4.74 Å². The molecule has 0 saturated carbocycles. The van der Waals surface area contributed by atoms with Crippen LogP contribution in [0.1, 0.15) is 21.5 Å². The van der Waals surface area contributed by atoms with Gasteiger partial charge in [-0.15, -0.1) is 0 Å². The van der Waals surface area contributed by atoms with Gasteiger partial charge in [0.25, 0.3) is 0 Å². The van der Waals surface area contributed by atoms with Crippen LogP contribution in [0.4, 0.5) is 0 Å². The van der Waals surface area contributed by atoms with Crippen molar-refractivity contribution in [3.63, 3.8) is 0 Å². The summed E-state index contributed by atoms with van der Waals surface area (Å²) >= 11 is 12.1. The number of benzene rings is 2. The molecule has 0 aliphatic heterocycles. The van der Waals surface area contributed by atoms with E-state index in [4.69, 9.17) is 27.9 Å². The fraction of sp³-hybridized carbons (Fsp3) is 0.188. The molecular weight excluding hydrogens is 295 g/mol. The highest BCUT2D eigenvalue weighted by atomic mass is 35.5. The van der Waals surface area contributed by atoms with E-state index >= 15 is 0 Å². The number of aryl methyl sites for hydroxylation is 2. The molecule has 0 fully saturated rings. The molecule has 0 radical (unpaired) electrons. The summed E-state index contributed by atoms with van der Waals surface area (Å²) in [5, 5.41) is 1.15. The predicted octanol–water partition coefficient (Wildman–Crippen LogP) is 4.87. The van der Waals surface area contributed by atoms with E-state index in [1.54, 1.807) is 24.3 Å². The Balaban J connectivity index is 2.10. The topological polar surface area (TPSA) is 26.3 Å². The van der Waals surface area contributed by atoms with Crippen LogP contribution in [0.15, 0.2) is 36.4 Å². The summed E-state index contributed by atoms with van der Waals surface area (Å²) in [6.07, 6.45) is 0. The molecular formula is C16H14Cl2O2. The number of carbonyl (C=O) groups is 1. The molecule has 0 heterocycles. The minimum atomic E-state index is -0.152. The number of hydrogen-bond donors (Lipinski definition) is 0. The van der Waals surface area contributed by atoms with E-state index in [9.17, 15) is 4.79 Å². The molecule has 0 bridgehead atoms. The molecule has 2 rings (SSSR count). The third kappa shape index (κ3) is 3.33. The maximum absolute atomic E-state index is 12.0. The number of ketones is 1. The zero-order valence-electron chi connectivity index (χ0n) is 11.2. The number of ether oxygens (including phenoxy) is 1. The van der Waals surface area contributed by atoms with Gasteiger partial charge in [0.15, 0.2) is 6.61 Å². The van der Waals surface area contributed by atoms with E-state index in [0.29, 0.717) is 16.3 Å². The van der Waals surface area contributed by atoms with Crippen molar-refractivity contribution in [3.8, 4) is 5.75 Å². The van der Waals surface area contributed by atoms with Crippen LogP contribution in [0.5, 0.6) is 5.75 Å². The highest BCUT2D eigenvalue weighted by molar-refractivity contribution is 6.34. The number of hydrogen-bond acceptors (Lipinski definition) is 2. The lowest BCUT2D eigenvalue weighted by Gasteiger charge is -2.10. The Morgan fingerprint density at radius 3 is 2.30 bits per heavy atom. The second-order valence-electron chi connectivity index (χ2n) is 4.56. The zero-order chi connectivity index (χ0) is 14.7. The number of carbonyl (C=O) groups excluding carboxylic acids is 1. The molecule has 0 amide bonds. The van der Waals surface area contributed by atoms with Gasteiger partial charge in [-0.3, -0.25) is 4.79 Å². The molecule has 2 aromatic rings. The first-order valence-electron chi connectivity index (χ1n) is 6.16. The minimum absolute atomic E-state index is 0.0513. The second kappa shape index (κ2) is 6.29. The van der Waals surface area contributed by atoms with Crippen molar-refractivity contribution in [2.24, 2.45) is 0 Å². The van der Waals surface area contributed by atoms with E-state index in [1.807, 2.05) is 26.0 Å². The van der Waals surface area contributed by atoms with Crippen molar-refractivity contribution < 1.29 is 9.53 Å². The molecule has 4 heteroatoms. The van der Waals surface area contributed by atoms with Crippen molar-refractivity contribution in [3.05, 3.63) is 63.1 Å². The summed E-state index contributed by atoms with van der Waals surface area (Å²) < 4.78 is 5.53. The third-order valence-corrected chi connectivity index (χ3v) is 3.88. The Hall–Kier alpha value is -1.51. The molecule has 104 valence electrons. The Morgan fingerprint density at radius 1 is 1.10 bits per heavy atom. The lowest BCUT2D eigenvalue weighted by molar-refractivity contribution is 0.0921. The summed E-state index contributed by atoms with van der Waals surface area (Å²) in [6, 6.07) is 10.6. The van der Waals surface area contributed by atoms with E-state index in [1.165, 1.54) is 0 Å². The fourth-order valence-electron chi connectivity index (χ4n) is 1.90. The summed E-state index contributed by atoms with van der Waals surface area (Å²) in [4.78, 5) is 12.0. The normalized spacial score (nSPS) is 10.4. The molecule has 0 saturated heterocycles. The summed E-state index contributed by atoms with van der Waals surface area (Å²) in [5.41, 5.74) is 2.32. The van der Waals surface area contributed by atoms with Gasteiger partial charge in [0.2, 0.25) is 5.78 Å². The van der Waals surface area contributed by atoms with E-state index in [-0.39, 0.29) is 12.4 Å². The van der Waals surface area contributed by atoms with Gasteiger partial charge in [-0.2, -0.15) is 0 Å². The SMILES string of the molecule is Cc1cc(OCC(=O)c2ccccc2Cl)cc(C)c1Cl. The highest BCUT2D eigenvalue weighted by Gasteiger charge is 2.11. The Bertz CT molecular complexity index is 628. The van der Waals surface area contributed by atoms with Gasteiger partial charge in [-0.1, -0.05) is 35.3 Å². The van der Waals surface area contributed by atoms with Crippen LogP contribution in [-0.4, -0.2) is 12.4 Å². The maximum atomic E-state index is 12.0. The number of rotatable bonds is 4. The molecule has 20 heavy (non-hydrogen) atoms. The largest absolute Gasteiger partial charge is 0.485 e. The first kappa shape index (κ1) is 14.9. The summed E-state index contributed by atoms with van der Waals surface area (Å²) in [5.74, 6) is 0.477. The van der Waals surface area contributed by atoms with Gasteiger partial charge >= 0.3 is 0 Å². The minimum Gasteiger partial charge on any atom is -0.485 e. The van der Waals surface area contributed by atoms with Crippen LogP contribution in [0.25, 0.3) is 0 Å². The molecule has 0 spiro atoms. The van der Waals surface area contributed by atoms with Gasteiger partial charge in [0, 0.05) is 10.6 Å². The molecule has 2 aromatic carbocycles. The molecule has 0 aliphatic rings. The van der Waals surface area contributed by atoms with Crippen LogP contribution in [0.3, 0.4) is 0 Å². The van der Waals surface area contributed by atoms with Gasteiger partial charge in [0.1, 0.15) is 5.75 Å². The highest BCUT2D eigenvalue weighted by Crippen LogP contribution is 2.26. The van der Waals surface area contributed by atoms with Gasteiger partial charge in [-0.25, -0.2) is 0 Å². The molecule has 0 atom stereocenters. The molecule has 0 aromatic heterocycles. The van der Waals surface area contributed by atoms with Crippen molar-refractivity contribution in [2.75, 3.05) is 6.61 Å². The van der Waals surface area contributed by atoms with Crippen LogP contribution in [0, 0.1) is 13.8 Å².